The van der Waals surface area contributed by atoms with Crippen molar-refractivity contribution in [2.24, 2.45) is 5.92 Å². The van der Waals surface area contributed by atoms with Crippen molar-refractivity contribution in [3.05, 3.63) is 38.7 Å². The Morgan fingerprint density at radius 2 is 2.08 bits per heavy atom. The first-order chi connectivity index (χ1) is 11.4. The number of hydrogen-bond donors (Lipinski definition) is 2. The summed E-state index contributed by atoms with van der Waals surface area (Å²) in [6.07, 6.45) is 0.892. The molecule has 0 unspecified atom stereocenters. The molecule has 0 fully saturated rings. The van der Waals surface area contributed by atoms with Gasteiger partial charge in [0.2, 0.25) is 0 Å². The molecule has 7 heteroatoms. The summed E-state index contributed by atoms with van der Waals surface area (Å²) in [6.45, 7) is 8.23. The lowest BCUT2D eigenvalue weighted by Crippen LogP contribution is -2.11. The first-order valence-corrected chi connectivity index (χ1v) is 9.45. The largest absolute Gasteiger partial charge is 0.304 e. The minimum Gasteiger partial charge on any atom is -0.304 e. The van der Waals surface area contributed by atoms with Crippen LogP contribution >= 0.6 is 22.7 Å². The van der Waals surface area contributed by atoms with Crippen molar-refractivity contribution in [1.29, 1.82) is 0 Å². The number of nitrogens with one attached hydrogen (secondary N) is 2. The predicted molar refractivity (Wildman–Crippen MR) is 100.0 cm³/mol. The van der Waals surface area contributed by atoms with E-state index < -0.39 is 0 Å². The molecule has 126 valence electrons. The topological polar surface area (TPSA) is 70.7 Å². The molecular formula is C17H20N4OS2. The normalized spacial score (nSPS) is 11.2. The zero-order chi connectivity index (χ0) is 17.3. The lowest BCUT2D eigenvalue weighted by atomic mass is 10.1. The van der Waals surface area contributed by atoms with Crippen LogP contribution in [-0.4, -0.2) is 21.1 Å². The number of H-pyrrole nitrogens is 1. The van der Waals surface area contributed by atoms with Crippen LogP contribution in [0.2, 0.25) is 0 Å². The Bertz CT molecular complexity index is 860. The van der Waals surface area contributed by atoms with Crippen LogP contribution in [0, 0.1) is 19.8 Å². The van der Waals surface area contributed by atoms with Crippen LogP contribution in [0.4, 0.5) is 5.82 Å². The van der Waals surface area contributed by atoms with E-state index in [1.807, 2.05) is 19.1 Å². The summed E-state index contributed by atoms with van der Waals surface area (Å²) in [5.74, 6) is 0.897. The Hall–Kier alpha value is -1.99. The Balaban J connectivity index is 1.73. The third kappa shape index (κ3) is 3.73. The predicted octanol–water partition coefficient (Wildman–Crippen LogP) is 4.66. The van der Waals surface area contributed by atoms with Gasteiger partial charge < -0.3 is 5.32 Å². The summed E-state index contributed by atoms with van der Waals surface area (Å²) in [5.41, 5.74) is 1.68. The molecule has 0 spiro atoms. The highest BCUT2D eigenvalue weighted by Gasteiger charge is 2.17. The monoisotopic (exact) mass is 360 g/mol. The number of nitrogens with zero attached hydrogens (tertiary/aromatic N) is 2. The number of carbonyl (C=O) groups is 1. The smallest absolute Gasteiger partial charge is 0.268 e. The first-order valence-electron chi connectivity index (χ1n) is 7.82. The fourth-order valence-electron chi connectivity index (χ4n) is 2.36. The van der Waals surface area contributed by atoms with Crippen LogP contribution in [-0.2, 0) is 6.42 Å². The lowest BCUT2D eigenvalue weighted by molar-refractivity contribution is 0.102. The second kappa shape index (κ2) is 6.86. The van der Waals surface area contributed by atoms with Crippen LogP contribution in [0.1, 0.15) is 39.1 Å². The molecule has 0 aliphatic heterocycles. The average molecular weight is 361 g/mol. The molecule has 2 N–H and O–H groups in total. The lowest BCUT2D eigenvalue weighted by Gasteiger charge is -1.99. The number of rotatable bonds is 5. The summed E-state index contributed by atoms with van der Waals surface area (Å²) in [4.78, 5) is 20.0. The molecule has 5 nitrogen and oxygen atoms in total. The molecule has 1 amide bonds. The SMILES string of the molecule is Cc1ccc(-c2cc(NC(=O)c3sc(CC(C)C)nc3C)n[nH]2)s1. The number of hydrogen-bond acceptors (Lipinski definition) is 5. The van der Waals surface area contributed by atoms with E-state index in [1.54, 1.807) is 11.3 Å². The maximum Gasteiger partial charge on any atom is 0.268 e. The molecule has 0 aliphatic rings. The van der Waals surface area contributed by atoms with Crippen molar-refractivity contribution in [2.45, 2.75) is 34.1 Å². The molecule has 0 aromatic carbocycles. The fourth-order valence-corrected chi connectivity index (χ4v) is 4.37. The molecule has 3 aromatic rings. The van der Waals surface area contributed by atoms with Gasteiger partial charge in [-0.15, -0.1) is 22.7 Å². The molecule has 0 saturated carbocycles. The zero-order valence-corrected chi connectivity index (χ0v) is 15.8. The quantitative estimate of drug-likeness (QED) is 0.695. The number of aromatic amines is 1. The second-order valence-electron chi connectivity index (χ2n) is 6.15. The van der Waals surface area contributed by atoms with Crippen molar-refractivity contribution in [2.75, 3.05) is 5.32 Å². The molecule has 3 rings (SSSR count). The fraction of sp³-hybridized carbons (Fsp3) is 0.353. The molecule has 0 bridgehead atoms. The van der Waals surface area contributed by atoms with Gasteiger partial charge in [-0.05, 0) is 31.9 Å². The number of thiazole rings is 1. The maximum atomic E-state index is 12.5. The Kier molecular flexibility index (Phi) is 4.82. The van der Waals surface area contributed by atoms with Gasteiger partial charge in [0.1, 0.15) is 4.88 Å². The maximum absolute atomic E-state index is 12.5. The molecule has 0 atom stereocenters. The minimum absolute atomic E-state index is 0.152. The number of aryl methyl sites for hydroxylation is 2. The van der Waals surface area contributed by atoms with Crippen molar-refractivity contribution in [1.82, 2.24) is 15.2 Å². The first kappa shape index (κ1) is 16.9. The Morgan fingerprint density at radius 1 is 1.29 bits per heavy atom. The molecule has 24 heavy (non-hydrogen) atoms. The third-order valence-corrected chi connectivity index (χ3v) is 5.67. The van der Waals surface area contributed by atoms with E-state index in [9.17, 15) is 4.79 Å². The van der Waals surface area contributed by atoms with Crippen LogP contribution in [0.5, 0.6) is 0 Å². The highest BCUT2D eigenvalue weighted by Crippen LogP contribution is 2.28. The van der Waals surface area contributed by atoms with Crippen LogP contribution in [0.15, 0.2) is 18.2 Å². The van der Waals surface area contributed by atoms with Crippen LogP contribution in [0.3, 0.4) is 0 Å². The number of thiophene rings is 1. The van der Waals surface area contributed by atoms with Crippen molar-refractivity contribution in [3.63, 3.8) is 0 Å². The Morgan fingerprint density at radius 3 is 2.75 bits per heavy atom. The van der Waals surface area contributed by atoms with E-state index in [4.69, 9.17) is 0 Å². The highest BCUT2D eigenvalue weighted by atomic mass is 32.1. The number of amides is 1. The minimum atomic E-state index is -0.152. The molecule has 0 radical (unpaired) electrons. The van der Waals surface area contributed by atoms with Crippen molar-refractivity contribution in [3.8, 4) is 10.6 Å². The third-order valence-electron chi connectivity index (χ3n) is 3.46. The molecule has 0 aliphatic carbocycles. The zero-order valence-electron chi connectivity index (χ0n) is 14.1. The van der Waals surface area contributed by atoms with E-state index in [0.29, 0.717) is 16.6 Å². The summed E-state index contributed by atoms with van der Waals surface area (Å²) < 4.78 is 0. The van der Waals surface area contributed by atoms with Gasteiger partial charge in [0, 0.05) is 17.4 Å². The summed E-state index contributed by atoms with van der Waals surface area (Å²) >= 11 is 3.15. The van der Waals surface area contributed by atoms with E-state index in [1.165, 1.54) is 16.2 Å². The van der Waals surface area contributed by atoms with Gasteiger partial charge >= 0.3 is 0 Å². The second-order valence-corrected chi connectivity index (χ2v) is 8.52. The van der Waals surface area contributed by atoms with E-state index >= 15 is 0 Å². The number of anilines is 1. The molecular weight excluding hydrogens is 340 g/mol. The van der Waals surface area contributed by atoms with Gasteiger partial charge in [-0.2, -0.15) is 5.10 Å². The van der Waals surface area contributed by atoms with Gasteiger partial charge in [0.25, 0.3) is 5.91 Å². The highest BCUT2D eigenvalue weighted by molar-refractivity contribution is 7.15. The number of aromatic nitrogens is 3. The Labute approximate surface area is 149 Å². The van der Waals surface area contributed by atoms with Crippen molar-refractivity contribution >= 4 is 34.4 Å². The van der Waals surface area contributed by atoms with Gasteiger partial charge in [0.05, 0.1) is 21.3 Å². The average Bonchev–Trinajstić information content (AvgIpc) is 3.19. The standard InChI is InChI=1S/C17H20N4OS2/c1-9(2)7-15-18-11(4)16(24-15)17(22)19-14-8-12(20-21-14)13-6-5-10(3)23-13/h5-6,8-9H,7H2,1-4H3,(H2,19,20,21,22). The molecule has 0 saturated heterocycles. The van der Waals surface area contributed by atoms with Crippen LogP contribution < -0.4 is 5.32 Å². The summed E-state index contributed by atoms with van der Waals surface area (Å²) in [6, 6.07) is 5.97. The van der Waals surface area contributed by atoms with E-state index in [0.717, 1.165) is 27.7 Å². The summed E-state index contributed by atoms with van der Waals surface area (Å²) in [7, 11) is 0. The van der Waals surface area contributed by atoms with Crippen molar-refractivity contribution < 1.29 is 4.79 Å². The van der Waals surface area contributed by atoms with Crippen LogP contribution in [0.25, 0.3) is 10.6 Å². The van der Waals surface area contributed by atoms with Gasteiger partial charge in [-0.3, -0.25) is 9.89 Å². The molecule has 3 aromatic heterocycles. The number of carbonyl (C=O) groups excluding carboxylic acids is 1. The van der Waals surface area contributed by atoms with Gasteiger partial charge in [-0.1, -0.05) is 13.8 Å². The van der Waals surface area contributed by atoms with E-state index in [-0.39, 0.29) is 5.91 Å². The summed E-state index contributed by atoms with van der Waals surface area (Å²) in [5, 5.41) is 11.0. The van der Waals surface area contributed by atoms with E-state index in [2.05, 4.69) is 47.3 Å². The molecule has 3 heterocycles. The van der Waals surface area contributed by atoms with Gasteiger partial charge in [0.15, 0.2) is 5.82 Å². The van der Waals surface area contributed by atoms with Gasteiger partial charge in [-0.25, -0.2) is 4.98 Å².